The Morgan fingerprint density at radius 1 is 1.19 bits per heavy atom. The Kier molecular flexibility index (Phi) is 5.13. The molecule has 0 spiro atoms. The van der Waals surface area contributed by atoms with E-state index in [9.17, 15) is 0 Å². The highest BCUT2D eigenvalue weighted by Gasteiger charge is 2.20. The molecule has 1 heterocycles. The third kappa shape index (κ3) is 3.88. The maximum absolute atomic E-state index is 6.30. The third-order valence-electron chi connectivity index (χ3n) is 3.59. The van der Waals surface area contributed by atoms with Crippen LogP contribution in [0.4, 0.5) is 0 Å². The summed E-state index contributed by atoms with van der Waals surface area (Å²) in [4.78, 5) is 2.76. The van der Waals surface area contributed by atoms with Gasteiger partial charge in [-0.25, -0.2) is 0 Å². The molecule has 0 fully saturated rings. The zero-order valence-corrected chi connectivity index (χ0v) is 15.0. The lowest BCUT2D eigenvalue weighted by molar-refractivity contribution is 0.604. The fourth-order valence-corrected chi connectivity index (χ4v) is 3.65. The predicted octanol–water partition coefficient (Wildman–Crippen LogP) is 5.71. The first-order valence-electron chi connectivity index (χ1n) is 7.42. The fraction of sp³-hybridized carbons (Fsp3) is 0.444. The molecule has 3 heteroatoms. The Bertz CT molecular complexity index is 610. The molecular weight excluding hydrogens is 298 g/mol. The molecule has 1 N–H and O–H groups in total. The van der Waals surface area contributed by atoms with Crippen molar-refractivity contribution < 1.29 is 0 Å². The zero-order chi connectivity index (χ0) is 15.6. The average molecular weight is 322 g/mol. The van der Waals surface area contributed by atoms with Crippen molar-refractivity contribution in [3.05, 3.63) is 56.2 Å². The minimum absolute atomic E-state index is 0.199. The van der Waals surface area contributed by atoms with Gasteiger partial charge in [-0.15, -0.1) is 11.3 Å². The Labute approximate surface area is 137 Å². The van der Waals surface area contributed by atoms with Crippen LogP contribution in [0.15, 0.2) is 30.3 Å². The molecule has 1 nitrogen and oxygen atoms in total. The van der Waals surface area contributed by atoms with Gasteiger partial charge in [0.1, 0.15) is 0 Å². The Balaban J connectivity index is 2.38. The summed E-state index contributed by atoms with van der Waals surface area (Å²) in [5.41, 5.74) is 2.55. The van der Waals surface area contributed by atoms with Gasteiger partial charge in [-0.1, -0.05) is 51.4 Å². The normalized spacial score (nSPS) is 13.4. The summed E-state index contributed by atoms with van der Waals surface area (Å²) >= 11 is 8.19. The minimum Gasteiger partial charge on any atom is -0.306 e. The molecule has 2 rings (SSSR count). The van der Waals surface area contributed by atoms with Gasteiger partial charge < -0.3 is 5.32 Å². The lowest BCUT2D eigenvalue weighted by Gasteiger charge is -2.19. The minimum atomic E-state index is 0.199. The summed E-state index contributed by atoms with van der Waals surface area (Å²) in [5, 5.41) is 4.41. The van der Waals surface area contributed by atoms with Crippen molar-refractivity contribution in [2.75, 3.05) is 6.54 Å². The van der Waals surface area contributed by atoms with Crippen LogP contribution in [-0.4, -0.2) is 6.54 Å². The van der Waals surface area contributed by atoms with Gasteiger partial charge in [0.25, 0.3) is 0 Å². The van der Waals surface area contributed by atoms with E-state index in [0.717, 1.165) is 17.1 Å². The molecule has 0 radical (unpaired) electrons. The van der Waals surface area contributed by atoms with Gasteiger partial charge in [-0.2, -0.15) is 0 Å². The number of rotatable bonds is 4. The molecule has 1 unspecified atom stereocenters. The monoisotopic (exact) mass is 321 g/mol. The first kappa shape index (κ1) is 16.5. The first-order chi connectivity index (χ1) is 9.82. The van der Waals surface area contributed by atoms with Crippen molar-refractivity contribution in [1.29, 1.82) is 0 Å². The molecule has 0 aliphatic rings. The molecule has 1 aromatic carbocycles. The highest BCUT2D eigenvalue weighted by Crippen LogP contribution is 2.35. The van der Waals surface area contributed by atoms with Crippen LogP contribution in [0, 0.1) is 6.92 Å². The Morgan fingerprint density at radius 3 is 2.43 bits per heavy atom. The van der Waals surface area contributed by atoms with E-state index in [1.807, 2.05) is 18.3 Å². The van der Waals surface area contributed by atoms with Gasteiger partial charge in [0.05, 0.1) is 6.04 Å². The molecule has 0 saturated carbocycles. The van der Waals surface area contributed by atoms with E-state index in [0.29, 0.717) is 0 Å². The van der Waals surface area contributed by atoms with E-state index in [4.69, 9.17) is 11.6 Å². The summed E-state index contributed by atoms with van der Waals surface area (Å²) < 4.78 is 0. The summed E-state index contributed by atoms with van der Waals surface area (Å²) in [6.45, 7) is 11.9. The van der Waals surface area contributed by atoms with Crippen LogP contribution < -0.4 is 5.32 Å². The SMILES string of the molecule is CCNC(c1ccc(C)c(Cl)c1)c1ccc(C(C)(C)C)s1. The largest absolute Gasteiger partial charge is 0.306 e. The maximum Gasteiger partial charge on any atom is 0.0671 e. The number of benzene rings is 1. The number of halogens is 1. The van der Waals surface area contributed by atoms with Crippen LogP contribution in [-0.2, 0) is 5.41 Å². The second-order valence-electron chi connectivity index (χ2n) is 6.45. The van der Waals surface area contributed by atoms with Crippen molar-refractivity contribution in [1.82, 2.24) is 5.32 Å². The number of nitrogens with one attached hydrogen (secondary N) is 1. The average Bonchev–Trinajstić information content (AvgIpc) is 2.89. The van der Waals surface area contributed by atoms with Crippen molar-refractivity contribution in [2.45, 2.75) is 46.1 Å². The van der Waals surface area contributed by atoms with Crippen molar-refractivity contribution in [3.8, 4) is 0 Å². The summed E-state index contributed by atoms with van der Waals surface area (Å²) in [6, 6.07) is 11.1. The summed E-state index contributed by atoms with van der Waals surface area (Å²) in [6.07, 6.45) is 0. The molecule has 0 bridgehead atoms. The van der Waals surface area contributed by atoms with Gasteiger partial charge in [-0.3, -0.25) is 0 Å². The quantitative estimate of drug-likeness (QED) is 0.761. The van der Waals surface area contributed by atoms with Crippen LogP contribution >= 0.6 is 22.9 Å². The van der Waals surface area contributed by atoms with Crippen LogP contribution in [0.25, 0.3) is 0 Å². The van der Waals surface area contributed by atoms with E-state index in [1.54, 1.807) is 0 Å². The predicted molar refractivity (Wildman–Crippen MR) is 94.7 cm³/mol. The van der Waals surface area contributed by atoms with Crippen molar-refractivity contribution in [3.63, 3.8) is 0 Å². The van der Waals surface area contributed by atoms with Crippen LogP contribution in [0.3, 0.4) is 0 Å². The second-order valence-corrected chi connectivity index (χ2v) is 7.97. The molecule has 0 saturated heterocycles. The first-order valence-corrected chi connectivity index (χ1v) is 8.62. The van der Waals surface area contributed by atoms with Gasteiger partial charge in [-0.05, 0) is 48.2 Å². The summed E-state index contributed by atoms with van der Waals surface area (Å²) in [7, 11) is 0. The zero-order valence-electron chi connectivity index (χ0n) is 13.5. The van der Waals surface area contributed by atoms with Gasteiger partial charge in [0.2, 0.25) is 0 Å². The molecule has 21 heavy (non-hydrogen) atoms. The number of hydrogen-bond donors (Lipinski definition) is 1. The Hall–Kier alpha value is -0.830. The van der Waals surface area contributed by atoms with Crippen LogP contribution in [0.2, 0.25) is 5.02 Å². The molecule has 114 valence electrons. The van der Waals surface area contributed by atoms with E-state index in [-0.39, 0.29) is 11.5 Å². The number of aryl methyl sites for hydroxylation is 1. The van der Waals surface area contributed by atoms with E-state index < -0.39 is 0 Å². The molecule has 0 amide bonds. The van der Waals surface area contributed by atoms with Crippen LogP contribution in [0.1, 0.15) is 54.6 Å². The number of hydrogen-bond acceptors (Lipinski definition) is 2. The lowest BCUT2D eigenvalue weighted by Crippen LogP contribution is -2.21. The van der Waals surface area contributed by atoms with Crippen LogP contribution in [0.5, 0.6) is 0 Å². The van der Waals surface area contributed by atoms with E-state index >= 15 is 0 Å². The topological polar surface area (TPSA) is 12.0 Å². The van der Waals surface area contributed by atoms with Gasteiger partial charge in [0.15, 0.2) is 0 Å². The Morgan fingerprint density at radius 2 is 1.90 bits per heavy atom. The second kappa shape index (κ2) is 6.51. The maximum atomic E-state index is 6.30. The molecular formula is C18H24ClNS. The van der Waals surface area contributed by atoms with E-state index in [1.165, 1.54) is 15.3 Å². The highest BCUT2D eigenvalue weighted by atomic mass is 35.5. The molecule has 1 aromatic heterocycles. The standard InChI is InChI=1S/C18H24ClNS/c1-6-20-17(13-8-7-12(2)14(19)11-13)15-9-10-16(21-15)18(3,4)5/h7-11,17,20H,6H2,1-5H3. The third-order valence-corrected chi connectivity index (χ3v) is 5.57. The molecule has 0 aliphatic heterocycles. The van der Waals surface area contributed by atoms with Gasteiger partial charge in [0, 0.05) is 14.8 Å². The molecule has 2 aromatic rings. The molecule has 1 atom stereocenters. The number of thiophene rings is 1. The smallest absolute Gasteiger partial charge is 0.0671 e. The lowest BCUT2D eigenvalue weighted by atomic mass is 9.95. The van der Waals surface area contributed by atoms with Gasteiger partial charge >= 0.3 is 0 Å². The highest BCUT2D eigenvalue weighted by molar-refractivity contribution is 7.12. The molecule has 0 aliphatic carbocycles. The fourth-order valence-electron chi connectivity index (χ4n) is 2.29. The summed E-state index contributed by atoms with van der Waals surface area (Å²) in [5.74, 6) is 0. The van der Waals surface area contributed by atoms with Crippen molar-refractivity contribution in [2.24, 2.45) is 0 Å². The van der Waals surface area contributed by atoms with E-state index in [2.05, 4.69) is 63.3 Å². The van der Waals surface area contributed by atoms with Crippen molar-refractivity contribution >= 4 is 22.9 Å².